The predicted molar refractivity (Wildman–Crippen MR) is 73.8 cm³/mol. The zero-order chi connectivity index (χ0) is 13.1. The van der Waals surface area contributed by atoms with Crippen LogP contribution in [0.15, 0.2) is 0 Å². The largest absolute Gasteiger partial charge is 0.356 e. The molecule has 0 aromatic carbocycles. The summed E-state index contributed by atoms with van der Waals surface area (Å²) in [6.45, 7) is 7.93. The summed E-state index contributed by atoms with van der Waals surface area (Å²) < 4.78 is 0. The van der Waals surface area contributed by atoms with Crippen LogP contribution in [0.2, 0.25) is 0 Å². The molecule has 0 radical (unpaired) electrons. The van der Waals surface area contributed by atoms with Gasteiger partial charge in [0, 0.05) is 13.0 Å². The van der Waals surface area contributed by atoms with Gasteiger partial charge >= 0.3 is 0 Å². The number of amides is 1. The number of carbonyl (C=O) groups excluding carboxylic acids is 1. The van der Waals surface area contributed by atoms with Crippen molar-refractivity contribution in [2.75, 3.05) is 13.1 Å². The molecule has 1 atom stereocenters. The van der Waals surface area contributed by atoms with Crippen LogP contribution >= 0.6 is 0 Å². The third-order valence-electron chi connectivity index (χ3n) is 2.97. The van der Waals surface area contributed by atoms with Gasteiger partial charge in [0.2, 0.25) is 5.91 Å². The molecule has 0 saturated carbocycles. The smallest absolute Gasteiger partial charge is 0.220 e. The van der Waals surface area contributed by atoms with Gasteiger partial charge in [-0.2, -0.15) is 0 Å². The summed E-state index contributed by atoms with van der Waals surface area (Å²) in [6, 6.07) is 0. The van der Waals surface area contributed by atoms with Crippen LogP contribution in [0.1, 0.15) is 59.3 Å². The molecule has 0 aliphatic rings. The molecule has 0 aliphatic carbocycles. The quantitative estimate of drug-likeness (QED) is 0.579. The van der Waals surface area contributed by atoms with Crippen LogP contribution in [0, 0.1) is 11.8 Å². The van der Waals surface area contributed by atoms with Gasteiger partial charge in [-0.15, -0.1) is 0 Å². The minimum Gasteiger partial charge on any atom is -0.356 e. The molecule has 1 unspecified atom stereocenters. The Kier molecular flexibility index (Phi) is 10.2. The molecule has 0 heterocycles. The van der Waals surface area contributed by atoms with Crippen LogP contribution in [-0.2, 0) is 4.79 Å². The number of hydrogen-bond donors (Lipinski definition) is 2. The van der Waals surface area contributed by atoms with Gasteiger partial charge in [-0.05, 0) is 24.8 Å². The minimum atomic E-state index is 0.144. The normalized spacial score (nSPS) is 12.8. The average molecular weight is 242 g/mol. The summed E-state index contributed by atoms with van der Waals surface area (Å²) in [5.41, 5.74) is 5.47. The molecular weight excluding hydrogens is 212 g/mol. The monoisotopic (exact) mass is 242 g/mol. The van der Waals surface area contributed by atoms with Crippen molar-refractivity contribution in [2.45, 2.75) is 59.3 Å². The van der Waals surface area contributed by atoms with Crippen LogP contribution in [0.5, 0.6) is 0 Å². The lowest BCUT2D eigenvalue weighted by Crippen LogP contribution is -2.27. The third-order valence-corrected chi connectivity index (χ3v) is 2.97. The van der Waals surface area contributed by atoms with Crippen molar-refractivity contribution in [1.29, 1.82) is 0 Å². The van der Waals surface area contributed by atoms with Crippen molar-refractivity contribution in [3.05, 3.63) is 0 Å². The molecule has 3 nitrogen and oxygen atoms in total. The second-order valence-corrected chi connectivity index (χ2v) is 5.49. The van der Waals surface area contributed by atoms with E-state index in [4.69, 9.17) is 5.73 Å². The maximum Gasteiger partial charge on any atom is 0.220 e. The van der Waals surface area contributed by atoms with E-state index in [1.165, 1.54) is 25.7 Å². The van der Waals surface area contributed by atoms with E-state index in [1.807, 2.05) is 6.92 Å². The van der Waals surface area contributed by atoms with Gasteiger partial charge < -0.3 is 11.1 Å². The molecular formula is C14H30N2O. The molecule has 102 valence electrons. The Morgan fingerprint density at radius 1 is 1.12 bits per heavy atom. The first-order valence-electron chi connectivity index (χ1n) is 7.03. The van der Waals surface area contributed by atoms with E-state index in [9.17, 15) is 4.79 Å². The molecule has 0 spiro atoms. The highest BCUT2D eigenvalue weighted by Crippen LogP contribution is 2.09. The number of nitrogens with two attached hydrogens (primary N) is 1. The standard InChI is InChI=1S/C14H30N2O/c1-12(2)8-6-4-5-7-9-16-14(17)10-13(3)11-15/h12-13H,4-11,15H2,1-3H3,(H,16,17). The van der Waals surface area contributed by atoms with Gasteiger partial charge in [-0.25, -0.2) is 0 Å². The number of rotatable bonds is 10. The van der Waals surface area contributed by atoms with Crippen LogP contribution in [0.3, 0.4) is 0 Å². The van der Waals surface area contributed by atoms with Crippen LogP contribution in [-0.4, -0.2) is 19.0 Å². The van der Waals surface area contributed by atoms with E-state index >= 15 is 0 Å². The first kappa shape index (κ1) is 16.4. The van der Waals surface area contributed by atoms with Crippen molar-refractivity contribution in [3.63, 3.8) is 0 Å². The maximum absolute atomic E-state index is 11.4. The van der Waals surface area contributed by atoms with Crippen LogP contribution in [0.25, 0.3) is 0 Å². The second kappa shape index (κ2) is 10.6. The number of carbonyl (C=O) groups is 1. The van der Waals surface area contributed by atoms with Crippen molar-refractivity contribution in [2.24, 2.45) is 17.6 Å². The lowest BCUT2D eigenvalue weighted by Gasteiger charge is -2.09. The van der Waals surface area contributed by atoms with Crippen LogP contribution in [0.4, 0.5) is 0 Å². The summed E-state index contributed by atoms with van der Waals surface area (Å²) in [6.07, 6.45) is 6.80. The highest BCUT2D eigenvalue weighted by Gasteiger charge is 2.06. The number of hydrogen-bond acceptors (Lipinski definition) is 2. The van der Waals surface area contributed by atoms with Crippen LogP contribution < -0.4 is 11.1 Å². The first-order valence-corrected chi connectivity index (χ1v) is 7.03. The maximum atomic E-state index is 11.4. The summed E-state index contributed by atoms with van der Waals surface area (Å²) in [5, 5.41) is 2.95. The Balaban J connectivity index is 3.25. The first-order chi connectivity index (χ1) is 8.06. The minimum absolute atomic E-state index is 0.144. The fourth-order valence-corrected chi connectivity index (χ4v) is 1.73. The molecule has 17 heavy (non-hydrogen) atoms. The fourth-order valence-electron chi connectivity index (χ4n) is 1.73. The molecule has 0 aromatic heterocycles. The lowest BCUT2D eigenvalue weighted by atomic mass is 10.0. The second-order valence-electron chi connectivity index (χ2n) is 5.49. The van der Waals surface area contributed by atoms with E-state index in [2.05, 4.69) is 19.2 Å². The third kappa shape index (κ3) is 11.7. The van der Waals surface area contributed by atoms with Gasteiger partial charge in [0.1, 0.15) is 0 Å². The highest BCUT2D eigenvalue weighted by atomic mass is 16.1. The van der Waals surface area contributed by atoms with E-state index < -0.39 is 0 Å². The molecule has 0 rings (SSSR count). The zero-order valence-corrected chi connectivity index (χ0v) is 11.8. The molecule has 0 fully saturated rings. The molecule has 3 N–H and O–H groups in total. The van der Waals surface area contributed by atoms with Crippen molar-refractivity contribution in [1.82, 2.24) is 5.32 Å². The summed E-state index contributed by atoms with van der Waals surface area (Å²) in [5.74, 6) is 1.25. The molecule has 0 saturated heterocycles. The zero-order valence-electron chi connectivity index (χ0n) is 11.8. The molecule has 0 aromatic rings. The highest BCUT2D eigenvalue weighted by molar-refractivity contribution is 5.76. The van der Waals surface area contributed by atoms with E-state index in [0.29, 0.717) is 18.9 Å². The molecule has 0 bridgehead atoms. The number of unbranched alkanes of at least 4 members (excludes halogenated alkanes) is 3. The van der Waals surface area contributed by atoms with E-state index in [1.54, 1.807) is 0 Å². The number of nitrogens with one attached hydrogen (secondary N) is 1. The summed E-state index contributed by atoms with van der Waals surface area (Å²) in [7, 11) is 0. The topological polar surface area (TPSA) is 55.1 Å². The summed E-state index contributed by atoms with van der Waals surface area (Å²) in [4.78, 5) is 11.4. The van der Waals surface area contributed by atoms with Gasteiger partial charge in [-0.3, -0.25) is 4.79 Å². The van der Waals surface area contributed by atoms with Gasteiger partial charge in [0.05, 0.1) is 0 Å². The Bertz CT molecular complexity index is 193. The van der Waals surface area contributed by atoms with Gasteiger partial charge in [0.15, 0.2) is 0 Å². The average Bonchev–Trinajstić information content (AvgIpc) is 2.27. The van der Waals surface area contributed by atoms with Crippen molar-refractivity contribution >= 4 is 5.91 Å². The lowest BCUT2D eigenvalue weighted by molar-refractivity contribution is -0.121. The van der Waals surface area contributed by atoms with Crippen molar-refractivity contribution in [3.8, 4) is 0 Å². The molecule has 1 amide bonds. The Labute approximate surface area is 107 Å². The van der Waals surface area contributed by atoms with Gasteiger partial charge in [0.25, 0.3) is 0 Å². The van der Waals surface area contributed by atoms with Crippen molar-refractivity contribution < 1.29 is 4.79 Å². The Morgan fingerprint density at radius 2 is 1.76 bits per heavy atom. The van der Waals surface area contributed by atoms with Gasteiger partial charge in [-0.1, -0.05) is 46.5 Å². The summed E-state index contributed by atoms with van der Waals surface area (Å²) >= 11 is 0. The fraction of sp³-hybridized carbons (Fsp3) is 0.929. The molecule has 3 heteroatoms. The van der Waals surface area contributed by atoms with E-state index in [0.717, 1.165) is 18.9 Å². The Morgan fingerprint density at radius 3 is 2.35 bits per heavy atom. The Hall–Kier alpha value is -0.570. The van der Waals surface area contributed by atoms with E-state index in [-0.39, 0.29) is 5.91 Å². The predicted octanol–water partition coefficient (Wildman–Crippen LogP) is 2.69. The molecule has 0 aliphatic heterocycles. The SMILES string of the molecule is CC(C)CCCCCCNC(=O)CC(C)CN.